The second kappa shape index (κ2) is 11.9. The van der Waals surface area contributed by atoms with Crippen molar-refractivity contribution in [1.82, 2.24) is 30.5 Å². The van der Waals surface area contributed by atoms with Gasteiger partial charge in [0.15, 0.2) is 16.9 Å². The number of carbonyl (C=O) groups excluding carboxylic acids is 2. The Bertz CT molecular complexity index is 1560. The van der Waals surface area contributed by atoms with Gasteiger partial charge in [0.2, 0.25) is 0 Å². The average Bonchev–Trinajstić information content (AvgIpc) is 3.94. The van der Waals surface area contributed by atoms with Crippen LogP contribution in [0.2, 0.25) is 0 Å². The molecule has 2 saturated carbocycles. The molecule has 240 valence electrons. The van der Waals surface area contributed by atoms with Crippen molar-refractivity contribution in [2.75, 3.05) is 13.2 Å². The Labute approximate surface area is 256 Å². The Morgan fingerprint density at radius 3 is 2.53 bits per heavy atom. The molecule has 0 spiro atoms. The molecule has 2 radical (unpaired) electrons. The van der Waals surface area contributed by atoms with Gasteiger partial charge in [-0.25, -0.2) is 18.8 Å². The summed E-state index contributed by atoms with van der Waals surface area (Å²) in [6.45, 7) is -0.876. The van der Waals surface area contributed by atoms with Crippen LogP contribution < -0.4 is 11.1 Å². The summed E-state index contributed by atoms with van der Waals surface area (Å²) in [4.78, 5) is 31.1. The van der Waals surface area contributed by atoms with E-state index in [2.05, 4.69) is 30.2 Å². The molecule has 2 aliphatic carbocycles. The number of aromatic nitrogens is 4. The molecule has 45 heavy (non-hydrogen) atoms. The maximum atomic E-state index is 14.5. The minimum atomic E-state index is -4.49. The van der Waals surface area contributed by atoms with E-state index in [1.807, 2.05) is 0 Å². The number of ether oxygens (including phenoxy) is 1. The summed E-state index contributed by atoms with van der Waals surface area (Å²) in [5.74, 6) is 0.210. The average molecular weight is 635 g/mol. The highest BCUT2D eigenvalue weighted by molar-refractivity contribution is 6.82. The normalized spacial score (nSPS) is 23.8. The minimum Gasteiger partial charge on any atom is -0.366 e. The van der Waals surface area contributed by atoms with E-state index in [1.54, 1.807) is 18.2 Å². The summed E-state index contributed by atoms with van der Waals surface area (Å²) in [5, 5.41) is 7.33. The van der Waals surface area contributed by atoms with Gasteiger partial charge in [0.1, 0.15) is 19.4 Å². The fraction of sp³-hybridized carbons (Fsp3) is 0.593. The molecule has 0 bridgehead atoms. The van der Waals surface area contributed by atoms with Crippen LogP contribution in [0.1, 0.15) is 79.4 Å². The Balaban J connectivity index is 0.000000233. The van der Waals surface area contributed by atoms with Crippen LogP contribution in [-0.2, 0) is 17.7 Å². The fourth-order valence-corrected chi connectivity index (χ4v) is 4.71. The third kappa shape index (κ3) is 6.65. The minimum absolute atomic E-state index is 0.123. The third-order valence-electron chi connectivity index (χ3n) is 8.04. The van der Waals surface area contributed by atoms with Crippen LogP contribution in [-0.4, -0.2) is 87.8 Å². The number of primary amides is 1. The van der Waals surface area contributed by atoms with Gasteiger partial charge in [-0.1, -0.05) is 30.5 Å². The monoisotopic (exact) mass is 635 g/mol. The number of nitrogens with zero attached hydrogens (tertiary/aromatic N) is 4. The van der Waals surface area contributed by atoms with Gasteiger partial charge in [-0.3, -0.25) is 4.79 Å². The second-order valence-electron chi connectivity index (χ2n) is 12.1. The summed E-state index contributed by atoms with van der Waals surface area (Å²) in [7, 11) is 5.85. The number of carbonyl (C=O) groups is 2. The van der Waals surface area contributed by atoms with Crippen LogP contribution in [0.25, 0.3) is 11.0 Å². The van der Waals surface area contributed by atoms with Crippen molar-refractivity contribution < 1.29 is 40.8 Å². The molecule has 2 saturated heterocycles. The first-order chi connectivity index (χ1) is 21.1. The second-order valence-corrected chi connectivity index (χ2v) is 12.1. The lowest BCUT2D eigenvalue weighted by atomic mass is 9.73. The molecular weight excluding hydrogens is 603 g/mol. The molecule has 2 atom stereocenters. The lowest BCUT2D eigenvalue weighted by Gasteiger charge is -2.36. The molecular formula is C27H32B2F5N7O4. The van der Waals surface area contributed by atoms with Crippen LogP contribution in [0.4, 0.5) is 26.7 Å². The predicted molar refractivity (Wildman–Crippen MR) is 153 cm³/mol. The van der Waals surface area contributed by atoms with Crippen molar-refractivity contribution in [3.8, 4) is 0 Å². The largest absolute Gasteiger partial charge is 0.416 e. The first-order valence-electron chi connectivity index (χ1n) is 14.6. The molecule has 7 rings (SSSR count). The van der Waals surface area contributed by atoms with Crippen molar-refractivity contribution in [3.05, 3.63) is 41.0 Å². The Hall–Kier alpha value is -3.69. The van der Waals surface area contributed by atoms with Gasteiger partial charge in [-0.15, -0.1) is 0 Å². The molecule has 18 heteroatoms. The Morgan fingerprint density at radius 2 is 1.93 bits per heavy atom. The lowest BCUT2D eigenvalue weighted by molar-refractivity contribution is -0.263. The van der Waals surface area contributed by atoms with E-state index in [0.717, 1.165) is 31.6 Å². The standard InChI is InChI=1S/C18H19B2F5N4O2.C6H7N3O2.C3H6/c1-15(2,18(22,23)24)31-6-5-13-27-11-4-3-10(7-12(11)28-13)8-29-14(30)26-9-16(21)17(29,19)20(16)25;7-6(10)5-4(3-1-2-3)8-11-9-5;1-2-3-1/h3-4,7H,5-6,8-9H2,1-2H3,(H,26,30)(H,27,28);3H,1-2H2,(H2,7,10);1-3H2. The van der Waals surface area contributed by atoms with E-state index in [9.17, 15) is 31.5 Å². The van der Waals surface area contributed by atoms with Gasteiger partial charge < -0.3 is 30.0 Å². The quantitative estimate of drug-likeness (QED) is 0.251. The van der Waals surface area contributed by atoms with E-state index >= 15 is 0 Å². The van der Waals surface area contributed by atoms with Gasteiger partial charge in [0.05, 0.1) is 29.5 Å². The number of nitrogens with one attached hydrogen (secondary N) is 2. The number of H-pyrrole nitrogens is 1. The maximum absolute atomic E-state index is 14.5. The zero-order chi connectivity index (χ0) is 32.8. The van der Waals surface area contributed by atoms with E-state index in [-0.39, 0.29) is 25.3 Å². The third-order valence-corrected chi connectivity index (χ3v) is 8.04. The molecule has 3 amide bonds. The first kappa shape index (κ1) is 32.7. The van der Waals surface area contributed by atoms with E-state index in [0.29, 0.717) is 34.0 Å². The van der Waals surface area contributed by atoms with Crippen LogP contribution >= 0.6 is 0 Å². The SMILES string of the molecule is C1CC1.NC(=O)c1nonc1C1CC1.[B]C12B(F)C1(F)CNC(=O)N2Cc1ccc2nc(CCOC(C)(C)C(F)(F)F)[nH]c2c1. The summed E-state index contributed by atoms with van der Waals surface area (Å²) in [5.41, 5.74) is 2.90. The summed E-state index contributed by atoms with van der Waals surface area (Å²) < 4.78 is 76.5. The molecule has 4 aliphatic rings. The highest BCUT2D eigenvalue weighted by Crippen LogP contribution is 2.54. The van der Waals surface area contributed by atoms with Crippen LogP contribution in [0.5, 0.6) is 0 Å². The number of benzene rings is 1. The zero-order valence-corrected chi connectivity index (χ0v) is 24.7. The number of aromatic amines is 1. The highest BCUT2D eigenvalue weighted by Gasteiger charge is 2.85. The summed E-state index contributed by atoms with van der Waals surface area (Å²) in [6.07, 6.45) is 2.23. The molecule has 2 aliphatic heterocycles. The number of nitrogens with two attached hydrogens (primary N) is 1. The highest BCUT2D eigenvalue weighted by atomic mass is 19.4. The molecule has 2 aromatic heterocycles. The number of hydrogen-bond donors (Lipinski definition) is 3. The van der Waals surface area contributed by atoms with Crippen molar-refractivity contribution in [3.63, 3.8) is 0 Å². The molecule has 2 unspecified atom stereocenters. The molecule has 3 aromatic rings. The molecule has 4 N–H and O–H groups in total. The number of fused-ring (bicyclic) bond motifs is 2. The van der Waals surface area contributed by atoms with Gasteiger partial charge >= 0.3 is 19.2 Å². The van der Waals surface area contributed by atoms with E-state index in [4.69, 9.17) is 18.3 Å². The number of hydrogen-bond acceptors (Lipinski definition) is 7. The van der Waals surface area contributed by atoms with Crippen molar-refractivity contribution in [1.29, 1.82) is 0 Å². The summed E-state index contributed by atoms with van der Waals surface area (Å²) >= 11 is 0. The molecule has 1 aromatic carbocycles. The predicted octanol–water partition coefficient (Wildman–Crippen LogP) is 3.83. The van der Waals surface area contributed by atoms with Gasteiger partial charge in [0, 0.05) is 18.9 Å². The maximum Gasteiger partial charge on any atom is 0.416 e. The number of imidazole rings is 1. The number of amides is 3. The van der Waals surface area contributed by atoms with Gasteiger partial charge in [-0.2, -0.15) is 13.2 Å². The Kier molecular flexibility index (Phi) is 8.66. The smallest absolute Gasteiger partial charge is 0.366 e. The Morgan fingerprint density at radius 1 is 1.24 bits per heavy atom. The van der Waals surface area contributed by atoms with Crippen molar-refractivity contribution in [2.24, 2.45) is 5.73 Å². The topological polar surface area (TPSA) is 152 Å². The van der Waals surface area contributed by atoms with Crippen molar-refractivity contribution in [2.45, 2.75) is 87.5 Å². The van der Waals surface area contributed by atoms with Gasteiger partial charge in [0.25, 0.3) is 5.91 Å². The fourth-order valence-electron chi connectivity index (χ4n) is 4.71. The summed E-state index contributed by atoms with van der Waals surface area (Å²) in [6, 6.07) is 4.26. The van der Waals surface area contributed by atoms with Crippen LogP contribution in [0.15, 0.2) is 22.8 Å². The lowest BCUT2D eigenvalue weighted by Crippen LogP contribution is -2.58. The molecule has 4 fully saturated rings. The number of urea groups is 1. The first-order valence-corrected chi connectivity index (χ1v) is 14.6. The van der Waals surface area contributed by atoms with Crippen LogP contribution in [0.3, 0.4) is 0 Å². The number of halogens is 5. The molecule has 4 heterocycles. The van der Waals surface area contributed by atoms with E-state index < -0.39 is 48.2 Å². The zero-order valence-electron chi connectivity index (χ0n) is 24.7. The van der Waals surface area contributed by atoms with Gasteiger partial charge in [-0.05, 0) is 49.5 Å². The van der Waals surface area contributed by atoms with Crippen molar-refractivity contribution >= 4 is 37.8 Å². The number of alkyl halides is 4. The van der Waals surface area contributed by atoms with Crippen LogP contribution in [0, 0.1) is 0 Å². The number of rotatable bonds is 8. The van der Waals surface area contributed by atoms with E-state index in [1.165, 1.54) is 19.3 Å². The molecule has 11 nitrogen and oxygen atoms in total.